The third-order valence-corrected chi connectivity index (χ3v) is 3.45. The molecule has 2 heterocycles. The Morgan fingerprint density at radius 1 is 1.05 bits per heavy atom. The maximum Gasteiger partial charge on any atom is 0.135 e. The Bertz CT molecular complexity index is 550. The van der Waals surface area contributed by atoms with E-state index in [2.05, 4.69) is 20.2 Å². The minimum Gasteiger partial charge on any atom is -0.356 e. The van der Waals surface area contributed by atoms with Gasteiger partial charge in [0.1, 0.15) is 18.0 Å². The van der Waals surface area contributed by atoms with Gasteiger partial charge in [0.25, 0.3) is 0 Å². The molecule has 19 heavy (non-hydrogen) atoms. The number of hydrogen-bond acceptors (Lipinski definition) is 4. The van der Waals surface area contributed by atoms with Crippen LogP contribution in [-0.2, 0) is 0 Å². The molecule has 0 aliphatic carbocycles. The third-order valence-electron chi connectivity index (χ3n) is 3.20. The molecule has 0 saturated carbocycles. The zero-order valence-corrected chi connectivity index (χ0v) is 11.3. The molecule has 0 unspecified atom stereocenters. The SMILES string of the molecule is Clc1ccc(Nc2cc(N3CCCC3)ncn2)cc1. The smallest absolute Gasteiger partial charge is 0.135 e. The van der Waals surface area contributed by atoms with E-state index in [1.54, 1.807) is 6.33 Å². The minimum atomic E-state index is 0.728. The molecule has 1 fully saturated rings. The van der Waals surface area contributed by atoms with Crippen molar-refractivity contribution in [1.29, 1.82) is 0 Å². The van der Waals surface area contributed by atoms with Crippen molar-refractivity contribution in [3.05, 3.63) is 41.7 Å². The minimum absolute atomic E-state index is 0.728. The number of benzene rings is 1. The van der Waals surface area contributed by atoms with Crippen LogP contribution in [0.5, 0.6) is 0 Å². The molecule has 98 valence electrons. The van der Waals surface area contributed by atoms with Gasteiger partial charge in [-0.1, -0.05) is 11.6 Å². The highest BCUT2D eigenvalue weighted by atomic mass is 35.5. The zero-order chi connectivity index (χ0) is 13.1. The summed E-state index contributed by atoms with van der Waals surface area (Å²) in [5.41, 5.74) is 0.968. The quantitative estimate of drug-likeness (QED) is 0.930. The number of halogens is 1. The average Bonchev–Trinajstić information content (AvgIpc) is 2.96. The molecule has 1 aliphatic heterocycles. The van der Waals surface area contributed by atoms with Gasteiger partial charge in [-0.05, 0) is 37.1 Å². The Balaban J connectivity index is 1.77. The van der Waals surface area contributed by atoms with E-state index in [9.17, 15) is 0 Å². The predicted octanol–water partition coefficient (Wildman–Crippen LogP) is 3.47. The van der Waals surface area contributed by atoms with Crippen LogP contribution < -0.4 is 10.2 Å². The van der Waals surface area contributed by atoms with E-state index in [-0.39, 0.29) is 0 Å². The van der Waals surface area contributed by atoms with Crippen LogP contribution in [0.3, 0.4) is 0 Å². The Kier molecular flexibility index (Phi) is 3.51. The highest BCUT2D eigenvalue weighted by Crippen LogP contribution is 2.22. The molecule has 0 bridgehead atoms. The maximum absolute atomic E-state index is 5.87. The molecular formula is C14H15ClN4. The normalized spacial score (nSPS) is 14.7. The van der Waals surface area contributed by atoms with Gasteiger partial charge in [-0.3, -0.25) is 0 Å². The predicted molar refractivity (Wildman–Crippen MR) is 78.2 cm³/mol. The van der Waals surface area contributed by atoms with Crippen molar-refractivity contribution >= 4 is 28.9 Å². The van der Waals surface area contributed by atoms with Gasteiger partial charge in [-0.15, -0.1) is 0 Å². The van der Waals surface area contributed by atoms with Gasteiger partial charge < -0.3 is 10.2 Å². The number of nitrogens with one attached hydrogen (secondary N) is 1. The second kappa shape index (κ2) is 5.45. The van der Waals surface area contributed by atoms with Gasteiger partial charge in [0.15, 0.2) is 0 Å². The molecule has 1 saturated heterocycles. The monoisotopic (exact) mass is 274 g/mol. The van der Waals surface area contributed by atoms with E-state index in [1.165, 1.54) is 12.8 Å². The van der Waals surface area contributed by atoms with Crippen molar-refractivity contribution in [2.24, 2.45) is 0 Å². The van der Waals surface area contributed by atoms with E-state index < -0.39 is 0 Å². The highest BCUT2D eigenvalue weighted by Gasteiger charge is 2.13. The Morgan fingerprint density at radius 2 is 1.79 bits per heavy atom. The summed E-state index contributed by atoms with van der Waals surface area (Å²) >= 11 is 5.87. The molecule has 1 aromatic carbocycles. The lowest BCUT2D eigenvalue weighted by Crippen LogP contribution is -2.19. The van der Waals surface area contributed by atoms with Crippen LogP contribution in [-0.4, -0.2) is 23.1 Å². The molecule has 3 rings (SSSR count). The van der Waals surface area contributed by atoms with Crippen molar-refractivity contribution in [1.82, 2.24) is 9.97 Å². The second-order valence-corrected chi connectivity index (χ2v) is 5.02. The average molecular weight is 275 g/mol. The van der Waals surface area contributed by atoms with E-state index in [0.29, 0.717) is 0 Å². The van der Waals surface area contributed by atoms with Gasteiger partial charge in [-0.25, -0.2) is 9.97 Å². The number of aromatic nitrogens is 2. The molecule has 1 aromatic heterocycles. The Labute approximate surface area is 117 Å². The van der Waals surface area contributed by atoms with Gasteiger partial charge in [-0.2, -0.15) is 0 Å². The lowest BCUT2D eigenvalue weighted by Gasteiger charge is -2.16. The molecule has 4 nitrogen and oxygen atoms in total. The van der Waals surface area contributed by atoms with Crippen molar-refractivity contribution < 1.29 is 0 Å². The highest BCUT2D eigenvalue weighted by molar-refractivity contribution is 6.30. The van der Waals surface area contributed by atoms with Gasteiger partial charge >= 0.3 is 0 Å². The maximum atomic E-state index is 5.87. The summed E-state index contributed by atoms with van der Waals surface area (Å²) in [6.07, 6.45) is 4.08. The lowest BCUT2D eigenvalue weighted by atomic mass is 10.3. The summed E-state index contributed by atoms with van der Waals surface area (Å²) in [4.78, 5) is 10.9. The lowest BCUT2D eigenvalue weighted by molar-refractivity contribution is 0.928. The van der Waals surface area contributed by atoms with Gasteiger partial charge in [0.05, 0.1) is 0 Å². The molecule has 0 radical (unpaired) electrons. The number of hydrogen-bond donors (Lipinski definition) is 1. The van der Waals surface area contributed by atoms with E-state index in [0.717, 1.165) is 35.4 Å². The topological polar surface area (TPSA) is 41.0 Å². The fraction of sp³-hybridized carbons (Fsp3) is 0.286. The first-order valence-corrected chi connectivity index (χ1v) is 6.79. The van der Waals surface area contributed by atoms with Crippen LogP contribution in [0.15, 0.2) is 36.7 Å². The Morgan fingerprint density at radius 3 is 2.53 bits per heavy atom. The summed E-state index contributed by atoms with van der Waals surface area (Å²) < 4.78 is 0. The van der Waals surface area contributed by atoms with Gasteiger partial charge in [0.2, 0.25) is 0 Å². The number of rotatable bonds is 3. The Hall–Kier alpha value is -1.81. The second-order valence-electron chi connectivity index (χ2n) is 4.59. The first-order valence-electron chi connectivity index (χ1n) is 6.41. The summed E-state index contributed by atoms with van der Waals surface area (Å²) in [6, 6.07) is 9.55. The molecule has 2 aromatic rings. The molecule has 0 amide bonds. The standard InChI is InChI=1S/C14H15ClN4/c15-11-3-5-12(6-4-11)18-13-9-14(17-10-16-13)19-7-1-2-8-19/h3-6,9-10H,1-2,7-8H2,(H,16,17,18). The third kappa shape index (κ3) is 2.96. The summed E-state index contributed by atoms with van der Waals surface area (Å²) in [5, 5.41) is 3.99. The summed E-state index contributed by atoms with van der Waals surface area (Å²) in [7, 11) is 0. The molecule has 0 atom stereocenters. The van der Waals surface area contributed by atoms with Gasteiger partial charge in [0, 0.05) is 29.9 Å². The first-order chi connectivity index (χ1) is 9.31. The molecule has 5 heteroatoms. The van der Waals surface area contributed by atoms with Crippen LogP contribution >= 0.6 is 11.6 Å². The van der Waals surface area contributed by atoms with Crippen molar-refractivity contribution in [2.75, 3.05) is 23.3 Å². The number of anilines is 3. The first kappa shape index (κ1) is 12.2. The fourth-order valence-electron chi connectivity index (χ4n) is 2.22. The van der Waals surface area contributed by atoms with E-state index in [4.69, 9.17) is 11.6 Å². The molecule has 0 spiro atoms. The largest absolute Gasteiger partial charge is 0.356 e. The van der Waals surface area contributed by atoms with Crippen molar-refractivity contribution in [2.45, 2.75) is 12.8 Å². The molecule has 1 N–H and O–H groups in total. The fourth-order valence-corrected chi connectivity index (χ4v) is 2.34. The van der Waals surface area contributed by atoms with E-state index >= 15 is 0 Å². The van der Waals surface area contributed by atoms with Crippen molar-refractivity contribution in [3.8, 4) is 0 Å². The van der Waals surface area contributed by atoms with Crippen LogP contribution in [0.1, 0.15) is 12.8 Å². The molecular weight excluding hydrogens is 260 g/mol. The van der Waals surface area contributed by atoms with Crippen LogP contribution in [0.4, 0.5) is 17.3 Å². The zero-order valence-electron chi connectivity index (χ0n) is 10.5. The van der Waals surface area contributed by atoms with Crippen molar-refractivity contribution in [3.63, 3.8) is 0 Å². The van der Waals surface area contributed by atoms with Crippen LogP contribution in [0.2, 0.25) is 5.02 Å². The summed E-state index contributed by atoms with van der Waals surface area (Å²) in [6.45, 7) is 2.16. The van der Waals surface area contributed by atoms with E-state index in [1.807, 2.05) is 30.3 Å². The van der Waals surface area contributed by atoms with Crippen LogP contribution in [0.25, 0.3) is 0 Å². The van der Waals surface area contributed by atoms with Crippen LogP contribution in [0, 0.1) is 0 Å². The molecule has 1 aliphatic rings. The number of nitrogens with zero attached hydrogens (tertiary/aromatic N) is 3. The summed E-state index contributed by atoms with van der Waals surface area (Å²) in [5.74, 6) is 1.79.